The molecule has 2 aromatic rings. The summed E-state index contributed by atoms with van der Waals surface area (Å²) in [4.78, 5) is 21.6. The maximum Gasteiger partial charge on any atom is 0.274 e. The first kappa shape index (κ1) is 19.9. The number of nitro benzene ring substituents is 2. The summed E-state index contributed by atoms with van der Waals surface area (Å²) in [5.74, 6) is -0.897. The SMILES string of the molecule is O=[N+]([O-])c1ccccc1COC1(OCc2ccccc2[N+](=O)[O-])CCCCC1. The molecule has 3 rings (SSSR count). The highest BCUT2D eigenvalue weighted by atomic mass is 16.7. The van der Waals surface area contributed by atoms with Crippen LogP contribution in [0.3, 0.4) is 0 Å². The number of nitrogens with zero attached hydrogens (tertiary/aromatic N) is 2. The summed E-state index contributed by atoms with van der Waals surface area (Å²) >= 11 is 0. The van der Waals surface area contributed by atoms with Crippen molar-refractivity contribution in [3.05, 3.63) is 79.9 Å². The van der Waals surface area contributed by atoms with Crippen molar-refractivity contribution in [2.24, 2.45) is 0 Å². The molecule has 0 amide bonds. The molecule has 1 fully saturated rings. The van der Waals surface area contributed by atoms with Gasteiger partial charge in [-0.2, -0.15) is 0 Å². The number of nitro groups is 2. The smallest absolute Gasteiger partial charge is 0.274 e. The van der Waals surface area contributed by atoms with Crippen molar-refractivity contribution in [3.8, 4) is 0 Å². The summed E-state index contributed by atoms with van der Waals surface area (Å²) in [7, 11) is 0. The molecule has 1 saturated carbocycles. The zero-order chi connectivity index (χ0) is 20.0. The second-order valence-corrected chi connectivity index (χ2v) is 6.82. The van der Waals surface area contributed by atoms with E-state index in [-0.39, 0.29) is 24.6 Å². The monoisotopic (exact) mass is 386 g/mol. The average Bonchev–Trinajstić information content (AvgIpc) is 2.72. The normalized spacial score (nSPS) is 15.9. The summed E-state index contributed by atoms with van der Waals surface area (Å²) in [5.41, 5.74) is 0.970. The first-order chi connectivity index (χ1) is 13.5. The van der Waals surface area contributed by atoms with Crippen LogP contribution in [0.1, 0.15) is 43.2 Å². The lowest BCUT2D eigenvalue weighted by Crippen LogP contribution is -2.38. The first-order valence-corrected chi connectivity index (χ1v) is 9.23. The number of ether oxygens (including phenoxy) is 2. The van der Waals surface area contributed by atoms with Crippen LogP contribution in [0.5, 0.6) is 0 Å². The van der Waals surface area contributed by atoms with Crippen molar-refractivity contribution in [1.29, 1.82) is 0 Å². The molecule has 0 bridgehead atoms. The van der Waals surface area contributed by atoms with Gasteiger partial charge in [0, 0.05) is 25.0 Å². The van der Waals surface area contributed by atoms with Gasteiger partial charge in [0.05, 0.1) is 34.2 Å². The molecule has 2 aromatic carbocycles. The Balaban J connectivity index is 1.75. The van der Waals surface area contributed by atoms with Gasteiger partial charge in [0.1, 0.15) is 0 Å². The Kier molecular flexibility index (Phi) is 6.33. The van der Waals surface area contributed by atoms with Gasteiger partial charge in [0.25, 0.3) is 11.4 Å². The molecule has 0 heterocycles. The molecule has 0 atom stereocenters. The molecule has 0 saturated heterocycles. The van der Waals surface area contributed by atoms with Gasteiger partial charge in [0.15, 0.2) is 5.79 Å². The number of para-hydroxylation sites is 2. The third-order valence-corrected chi connectivity index (χ3v) is 4.97. The van der Waals surface area contributed by atoms with Gasteiger partial charge in [0.2, 0.25) is 0 Å². The van der Waals surface area contributed by atoms with E-state index in [1.807, 2.05) is 0 Å². The van der Waals surface area contributed by atoms with Crippen molar-refractivity contribution in [3.63, 3.8) is 0 Å². The molecule has 148 valence electrons. The fraction of sp³-hybridized carbons (Fsp3) is 0.400. The molecule has 1 aliphatic rings. The molecule has 0 N–H and O–H groups in total. The highest BCUT2D eigenvalue weighted by molar-refractivity contribution is 5.40. The first-order valence-electron chi connectivity index (χ1n) is 9.23. The van der Waals surface area contributed by atoms with Crippen LogP contribution in [0.25, 0.3) is 0 Å². The standard InChI is InChI=1S/C20H22N2O6/c23-21(24)18-10-4-2-8-16(18)14-27-20(12-6-1-7-13-20)28-15-17-9-3-5-11-19(17)22(25)26/h2-5,8-11H,1,6-7,12-15H2. The molecule has 0 spiro atoms. The Labute approximate surface area is 162 Å². The molecule has 1 aliphatic carbocycles. The Morgan fingerprint density at radius 1 is 0.750 bits per heavy atom. The van der Waals surface area contributed by atoms with E-state index in [0.29, 0.717) is 24.0 Å². The highest BCUT2D eigenvalue weighted by Crippen LogP contribution is 2.36. The largest absolute Gasteiger partial charge is 0.345 e. The summed E-state index contributed by atoms with van der Waals surface area (Å²) < 4.78 is 12.1. The number of benzene rings is 2. The van der Waals surface area contributed by atoms with E-state index in [2.05, 4.69) is 0 Å². The van der Waals surface area contributed by atoms with Crippen molar-refractivity contribution >= 4 is 11.4 Å². The van der Waals surface area contributed by atoms with Gasteiger partial charge in [-0.1, -0.05) is 30.7 Å². The summed E-state index contributed by atoms with van der Waals surface area (Å²) in [6, 6.07) is 12.9. The second kappa shape index (κ2) is 8.90. The third-order valence-electron chi connectivity index (χ3n) is 4.97. The number of hydrogen-bond acceptors (Lipinski definition) is 6. The van der Waals surface area contributed by atoms with Crippen molar-refractivity contribution in [1.82, 2.24) is 0 Å². The Bertz CT molecular complexity index is 785. The highest BCUT2D eigenvalue weighted by Gasteiger charge is 2.35. The lowest BCUT2D eigenvalue weighted by molar-refractivity contribution is -0.387. The van der Waals surface area contributed by atoms with Gasteiger partial charge in [-0.05, 0) is 25.0 Å². The molecule has 0 unspecified atom stereocenters. The van der Waals surface area contributed by atoms with Crippen LogP contribution in [-0.4, -0.2) is 15.6 Å². The second-order valence-electron chi connectivity index (χ2n) is 6.82. The Morgan fingerprint density at radius 3 is 1.61 bits per heavy atom. The Hall–Kier alpha value is -2.84. The zero-order valence-electron chi connectivity index (χ0n) is 15.4. The van der Waals surface area contributed by atoms with Crippen LogP contribution in [0.2, 0.25) is 0 Å². The summed E-state index contributed by atoms with van der Waals surface area (Å²) in [6.45, 7) is 0.0993. The molecule has 8 heteroatoms. The fourth-order valence-corrected chi connectivity index (χ4v) is 3.46. The van der Waals surface area contributed by atoms with E-state index < -0.39 is 15.6 Å². The van der Waals surface area contributed by atoms with E-state index in [4.69, 9.17) is 9.47 Å². The van der Waals surface area contributed by atoms with Crippen LogP contribution in [0, 0.1) is 20.2 Å². The number of rotatable bonds is 8. The maximum atomic E-state index is 11.2. The maximum absolute atomic E-state index is 11.2. The molecule has 8 nitrogen and oxygen atoms in total. The van der Waals surface area contributed by atoms with Gasteiger partial charge < -0.3 is 9.47 Å². The summed E-state index contributed by atoms with van der Waals surface area (Å²) in [6.07, 6.45) is 4.18. The van der Waals surface area contributed by atoms with Gasteiger partial charge in [-0.25, -0.2) is 0 Å². The molecule has 0 aromatic heterocycles. The minimum absolute atomic E-state index is 0.00663. The minimum atomic E-state index is -0.897. The minimum Gasteiger partial charge on any atom is -0.345 e. The quantitative estimate of drug-likeness (QED) is 0.363. The predicted octanol–water partition coefficient (Wildman–Crippen LogP) is 4.90. The van der Waals surface area contributed by atoms with Crippen LogP contribution in [0.15, 0.2) is 48.5 Å². The molecular formula is C20H22N2O6. The van der Waals surface area contributed by atoms with E-state index in [9.17, 15) is 20.2 Å². The predicted molar refractivity (Wildman–Crippen MR) is 102 cm³/mol. The number of hydrogen-bond donors (Lipinski definition) is 0. The van der Waals surface area contributed by atoms with E-state index in [0.717, 1.165) is 19.3 Å². The fourth-order valence-electron chi connectivity index (χ4n) is 3.46. The van der Waals surface area contributed by atoms with Crippen LogP contribution >= 0.6 is 0 Å². The van der Waals surface area contributed by atoms with Crippen molar-refractivity contribution in [2.45, 2.75) is 51.1 Å². The van der Waals surface area contributed by atoms with E-state index >= 15 is 0 Å². The van der Waals surface area contributed by atoms with Crippen molar-refractivity contribution in [2.75, 3.05) is 0 Å². The van der Waals surface area contributed by atoms with E-state index in [1.54, 1.807) is 36.4 Å². The summed E-state index contributed by atoms with van der Waals surface area (Å²) in [5, 5.41) is 22.4. The Morgan fingerprint density at radius 2 is 1.18 bits per heavy atom. The van der Waals surface area contributed by atoms with E-state index in [1.165, 1.54) is 12.1 Å². The molecular weight excluding hydrogens is 364 g/mol. The van der Waals surface area contributed by atoms with Gasteiger partial charge >= 0.3 is 0 Å². The average molecular weight is 386 g/mol. The lowest BCUT2D eigenvalue weighted by Gasteiger charge is -2.37. The lowest BCUT2D eigenvalue weighted by atomic mass is 9.94. The van der Waals surface area contributed by atoms with Gasteiger partial charge in [-0.3, -0.25) is 20.2 Å². The van der Waals surface area contributed by atoms with Crippen LogP contribution < -0.4 is 0 Å². The molecule has 0 aliphatic heterocycles. The topological polar surface area (TPSA) is 105 Å². The van der Waals surface area contributed by atoms with Crippen LogP contribution in [-0.2, 0) is 22.7 Å². The zero-order valence-corrected chi connectivity index (χ0v) is 15.4. The molecule has 28 heavy (non-hydrogen) atoms. The van der Waals surface area contributed by atoms with Gasteiger partial charge in [-0.15, -0.1) is 0 Å². The van der Waals surface area contributed by atoms with Crippen molar-refractivity contribution < 1.29 is 19.3 Å². The third kappa shape index (κ3) is 4.71. The van der Waals surface area contributed by atoms with Crippen LogP contribution in [0.4, 0.5) is 11.4 Å². The molecule has 0 radical (unpaired) electrons.